The van der Waals surface area contributed by atoms with E-state index in [1.807, 2.05) is 41.8 Å². The van der Waals surface area contributed by atoms with E-state index in [9.17, 15) is 4.79 Å². The van der Waals surface area contributed by atoms with Gasteiger partial charge in [-0.05, 0) is 30.2 Å². The molecular formula is C20H17N7O. The molecule has 28 heavy (non-hydrogen) atoms. The van der Waals surface area contributed by atoms with Gasteiger partial charge < -0.3 is 16.0 Å². The van der Waals surface area contributed by atoms with Crippen LogP contribution in [-0.2, 0) is 6.54 Å². The maximum absolute atomic E-state index is 11.5. The number of carbonyl (C=O) groups excluding carboxylic acids is 1. The van der Waals surface area contributed by atoms with Crippen LogP contribution in [0.2, 0.25) is 0 Å². The topological polar surface area (TPSA) is 136 Å². The minimum Gasteiger partial charge on any atom is -0.396 e. The Morgan fingerprint density at radius 3 is 2.82 bits per heavy atom. The van der Waals surface area contributed by atoms with Gasteiger partial charge in [-0.1, -0.05) is 18.2 Å². The predicted molar refractivity (Wildman–Crippen MR) is 106 cm³/mol. The summed E-state index contributed by atoms with van der Waals surface area (Å²) in [7, 11) is 0. The zero-order chi connectivity index (χ0) is 19.8. The molecule has 1 amide bonds. The number of primary amides is 1. The molecule has 2 heterocycles. The molecule has 0 aliphatic rings. The smallest absolute Gasteiger partial charge is 0.271 e. The van der Waals surface area contributed by atoms with Gasteiger partial charge in [0.25, 0.3) is 5.91 Å². The number of amides is 1. The summed E-state index contributed by atoms with van der Waals surface area (Å²) in [6.07, 6.45) is 2.14. The van der Waals surface area contributed by atoms with Crippen LogP contribution in [-0.4, -0.2) is 25.7 Å². The van der Waals surface area contributed by atoms with Gasteiger partial charge in [-0.15, -0.1) is 10.2 Å². The van der Waals surface area contributed by atoms with Crippen molar-refractivity contribution in [1.29, 1.82) is 5.26 Å². The lowest BCUT2D eigenvalue weighted by atomic mass is 9.96. The molecule has 0 bridgehead atoms. The van der Waals surface area contributed by atoms with Crippen molar-refractivity contribution in [3.63, 3.8) is 0 Å². The summed E-state index contributed by atoms with van der Waals surface area (Å²) >= 11 is 0. The van der Waals surface area contributed by atoms with Gasteiger partial charge in [0.15, 0.2) is 5.69 Å². The Morgan fingerprint density at radius 1 is 1.25 bits per heavy atom. The summed E-state index contributed by atoms with van der Waals surface area (Å²) in [4.78, 5) is 15.9. The summed E-state index contributed by atoms with van der Waals surface area (Å²) in [6.45, 7) is 2.55. The van der Waals surface area contributed by atoms with Crippen molar-refractivity contribution in [2.75, 3.05) is 5.73 Å². The molecule has 4 aromatic rings. The number of nitriles is 1. The molecule has 0 aliphatic heterocycles. The molecule has 0 fully saturated rings. The molecule has 138 valence electrons. The van der Waals surface area contributed by atoms with E-state index < -0.39 is 5.91 Å². The Labute approximate surface area is 160 Å². The van der Waals surface area contributed by atoms with Crippen LogP contribution in [0, 0.1) is 18.3 Å². The molecule has 0 saturated heterocycles. The number of carbonyl (C=O) groups is 1. The van der Waals surface area contributed by atoms with E-state index in [0.29, 0.717) is 23.9 Å². The SMILES string of the molecule is Cc1ccc2c(N)c(C(N)=O)nnc2c1-c1ccc2ncn(CCC#N)c2c1. The maximum atomic E-state index is 11.5. The van der Waals surface area contributed by atoms with Gasteiger partial charge in [0, 0.05) is 17.5 Å². The summed E-state index contributed by atoms with van der Waals surface area (Å²) < 4.78 is 1.95. The first-order valence-corrected chi connectivity index (χ1v) is 8.68. The minimum absolute atomic E-state index is 0.0349. The van der Waals surface area contributed by atoms with Crippen molar-refractivity contribution in [1.82, 2.24) is 19.7 Å². The zero-order valence-corrected chi connectivity index (χ0v) is 15.2. The Morgan fingerprint density at radius 2 is 2.07 bits per heavy atom. The van der Waals surface area contributed by atoms with Gasteiger partial charge in [0.2, 0.25) is 0 Å². The highest BCUT2D eigenvalue weighted by atomic mass is 16.1. The number of nitrogens with zero attached hydrogens (tertiary/aromatic N) is 5. The Bertz CT molecular complexity index is 1280. The molecule has 8 heteroatoms. The van der Waals surface area contributed by atoms with Crippen molar-refractivity contribution in [2.45, 2.75) is 19.9 Å². The van der Waals surface area contributed by atoms with Crippen molar-refractivity contribution >= 4 is 33.5 Å². The first-order valence-electron chi connectivity index (χ1n) is 8.68. The summed E-state index contributed by atoms with van der Waals surface area (Å²) in [5, 5.41) is 17.7. The average molecular weight is 371 g/mol. The molecule has 0 aliphatic carbocycles. The van der Waals surface area contributed by atoms with Gasteiger partial charge in [-0.25, -0.2) is 4.98 Å². The van der Waals surface area contributed by atoms with E-state index in [-0.39, 0.29) is 11.4 Å². The van der Waals surface area contributed by atoms with Crippen LogP contribution < -0.4 is 11.5 Å². The molecule has 0 spiro atoms. The number of rotatable bonds is 4. The number of nitrogens with two attached hydrogens (primary N) is 2. The molecular weight excluding hydrogens is 354 g/mol. The lowest BCUT2D eigenvalue weighted by Gasteiger charge is -2.12. The van der Waals surface area contributed by atoms with E-state index >= 15 is 0 Å². The van der Waals surface area contributed by atoms with Gasteiger partial charge in [-0.3, -0.25) is 4.79 Å². The fourth-order valence-electron chi connectivity index (χ4n) is 3.40. The van der Waals surface area contributed by atoms with E-state index in [0.717, 1.165) is 27.7 Å². The fraction of sp³-hybridized carbons (Fsp3) is 0.150. The lowest BCUT2D eigenvalue weighted by molar-refractivity contribution is 0.0996. The highest BCUT2D eigenvalue weighted by Gasteiger charge is 2.17. The highest BCUT2D eigenvalue weighted by Crippen LogP contribution is 2.34. The van der Waals surface area contributed by atoms with Crippen LogP contribution in [0.3, 0.4) is 0 Å². The normalized spacial score (nSPS) is 11.0. The number of benzene rings is 2. The minimum atomic E-state index is -0.711. The van der Waals surface area contributed by atoms with Crippen LogP contribution in [0.4, 0.5) is 5.69 Å². The van der Waals surface area contributed by atoms with Gasteiger partial charge in [0.1, 0.15) is 5.52 Å². The lowest BCUT2D eigenvalue weighted by Crippen LogP contribution is -2.16. The molecule has 0 unspecified atom stereocenters. The van der Waals surface area contributed by atoms with E-state index in [1.165, 1.54) is 0 Å². The van der Waals surface area contributed by atoms with Crippen LogP contribution >= 0.6 is 0 Å². The van der Waals surface area contributed by atoms with E-state index in [2.05, 4.69) is 21.3 Å². The molecule has 8 nitrogen and oxygen atoms in total. The fourth-order valence-corrected chi connectivity index (χ4v) is 3.40. The van der Waals surface area contributed by atoms with Crippen molar-refractivity contribution in [3.05, 3.63) is 47.9 Å². The molecule has 4 N–H and O–H groups in total. The third-order valence-corrected chi connectivity index (χ3v) is 4.79. The second-order valence-corrected chi connectivity index (χ2v) is 6.53. The number of imidazole rings is 1. The monoisotopic (exact) mass is 371 g/mol. The first kappa shape index (κ1) is 17.4. The quantitative estimate of drug-likeness (QED) is 0.565. The number of anilines is 1. The number of fused-ring (bicyclic) bond motifs is 2. The number of hydrogen-bond donors (Lipinski definition) is 2. The van der Waals surface area contributed by atoms with Crippen LogP contribution in [0.15, 0.2) is 36.7 Å². The van der Waals surface area contributed by atoms with Crippen LogP contribution in [0.25, 0.3) is 33.1 Å². The molecule has 2 aromatic heterocycles. The van der Waals surface area contributed by atoms with E-state index in [1.54, 1.807) is 6.33 Å². The molecule has 0 radical (unpaired) electrons. The van der Waals surface area contributed by atoms with Crippen molar-refractivity contribution in [3.8, 4) is 17.2 Å². The van der Waals surface area contributed by atoms with Crippen molar-refractivity contribution < 1.29 is 4.79 Å². The second-order valence-electron chi connectivity index (χ2n) is 6.53. The number of nitrogen functional groups attached to an aromatic ring is 1. The van der Waals surface area contributed by atoms with Crippen LogP contribution in [0.5, 0.6) is 0 Å². The summed E-state index contributed by atoms with van der Waals surface area (Å²) in [6, 6.07) is 11.8. The predicted octanol–water partition coefficient (Wildman–Crippen LogP) is 2.55. The van der Waals surface area contributed by atoms with Crippen LogP contribution in [0.1, 0.15) is 22.5 Å². The number of aromatic nitrogens is 4. The highest BCUT2D eigenvalue weighted by molar-refractivity contribution is 6.08. The van der Waals surface area contributed by atoms with E-state index in [4.69, 9.17) is 16.7 Å². The van der Waals surface area contributed by atoms with Gasteiger partial charge in [-0.2, -0.15) is 5.26 Å². The Hall–Kier alpha value is -3.99. The number of aryl methyl sites for hydroxylation is 2. The summed E-state index contributed by atoms with van der Waals surface area (Å²) in [5.74, 6) is -0.711. The zero-order valence-electron chi connectivity index (χ0n) is 15.2. The number of hydrogen-bond acceptors (Lipinski definition) is 6. The van der Waals surface area contributed by atoms with Gasteiger partial charge >= 0.3 is 0 Å². The Balaban J connectivity index is 1.96. The second kappa shape index (κ2) is 6.63. The molecule has 2 aromatic carbocycles. The van der Waals surface area contributed by atoms with Gasteiger partial charge in [0.05, 0.1) is 35.5 Å². The molecule has 0 atom stereocenters. The standard InChI is InChI=1S/C20H17N7O/c1-11-3-5-13-17(22)19(20(23)28)26-25-18(13)16(11)12-4-6-14-15(9-12)27(10-24-14)8-2-7-21/h3-6,9-10H,2,8H2,1H3,(H2,22,25)(H2,23,28). The first-order chi connectivity index (χ1) is 13.5. The largest absolute Gasteiger partial charge is 0.396 e. The maximum Gasteiger partial charge on any atom is 0.271 e. The molecule has 4 rings (SSSR count). The average Bonchev–Trinajstić information content (AvgIpc) is 3.08. The summed E-state index contributed by atoms with van der Waals surface area (Å²) in [5.41, 5.74) is 16.8. The van der Waals surface area contributed by atoms with Crippen molar-refractivity contribution in [2.24, 2.45) is 5.73 Å². The molecule has 0 saturated carbocycles. The Kier molecular flexibility index (Phi) is 4.12. The third kappa shape index (κ3) is 2.70. The third-order valence-electron chi connectivity index (χ3n) is 4.79.